The molecule has 0 radical (unpaired) electrons. The van der Waals surface area contributed by atoms with Gasteiger partial charge in [0.25, 0.3) is 0 Å². The fourth-order valence-corrected chi connectivity index (χ4v) is 4.03. The fraction of sp³-hybridized carbons (Fsp3) is 0.765. The first-order chi connectivity index (χ1) is 9.68. The van der Waals surface area contributed by atoms with E-state index >= 15 is 0 Å². The van der Waals surface area contributed by atoms with E-state index in [0.717, 1.165) is 19.3 Å². The second kappa shape index (κ2) is 5.60. The minimum Gasteiger partial charge on any atom is -0.285 e. The van der Waals surface area contributed by atoms with Crippen molar-refractivity contribution in [3.63, 3.8) is 0 Å². The summed E-state index contributed by atoms with van der Waals surface area (Å²) >= 11 is 0. The predicted octanol–water partition coefficient (Wildman–Crippen LogP) is 2.60. The van der Waals surface area contributed by atoms with Gasteiger partial charge in [-0.3, -0.25) is 14.5 Å². The highest BCUT2D eigenvalue weighted by atomic mass is 16.2. The Morgan fingerprint density at radius 1 is 0.900 bits per heavy atom. The largest absolute Gasteiger partial charge is 0.285 e. The summed E-state index contributed by atoms with van der Waals surface area (Å²) in [6.07, 6.45) is 9.20. The molecule has 3 heteroatoms. The van der Waals surface area contributed by atoms with Gasteiger partial charge in [0, 0.05) is 18.9 Å². The Kier molecular flexibility index (Phi) is 3.83. The van der Waals surface area contributed by atoms with Crippen LogP contribution in [0.1, 0.15) is 51.4 Å². The SMILES string of the molecule is CN1C(=O)C2CCCC(C#CC3CCCCC3)C2C1=O. The average molecular weight is 273 g/mol. The van der Waals surface area contributed by atoms with E-state index in [2.05, 4.69) is 11.8 Å². The number of imide groups is 1. The van der Waals surface area contributed by atoms with E-state index in [4.69, 9.17) is 0 Å². The maximum absolute atomic E-state index is 12.2. The number of carbonyl (C=O) groups excluding carboxylic acids is 2. The van der Waals surface area contributed by atoms with Gasteiger partial charge in [0.15, 0.2) is 0 Å². The maximum Gasteiger partial charge on any atom is 0.234 e. The molecule has 1 aliphatic heterocycles. The Balaban J connectivity index is 1.74. The van der Waals surface area contributed by atoms with Crippen LogP contribution < -0.4 is 0 Å². The molecule has 3 fully saturated rings. The van der Waals surface area contributed by atoms with Gasteiger partial charge in [0.2, 0.25) is 11.8 Å². The Labute approximate surface area is 121 Å². The normalized spacial score (nSPS) is 34.6. The van der Waals surface area contributed by atoms with Crippen LogP contribution >= 0.6 is 0 Å². The topological polar surface area (TPSA) is 37.4 Å². The standard InChI is InChI=1S/C17H23NO2/c1-18-16(19)14-9-5-8-13(15(14)17(18)20)11-10-12-6-3-2-4-7-12/h12-15H,2-9H2,1H3. The Morgan fingerprint density at radius 3 is 2.40 bits per heavy atom. The Morgan fingerprint density at radius 2 is 1.65 bits per heavy atom. The van der Waals surface area contributed by atoms with Crippen LogP contribution in [0.4, 0.5) is 0 Å². The quantitative estimate of drug-likeness (QED) is 0.502. The van der Waals surface area contributed by atoms with Crippen LogP contribution in [-0.4, -0.2) is 23.8 Å². The third-order valence-corrected chi connectivity index (χ3v) is 5.24. The molecule has 1 heterocycles. The van der Waals surface area contributed by atoms with Crippen molar-refractivity contribution in [2.45, 2.75) is 51.4 Å². The molecular weight excluding hydrogens is 250 g/mol. The van der Waals surface area contributed by atoms with Crippen LogP contribution in [0.25, 0.3) is 0 Å². The van der Waals surface area contributed by atoms with Gasteiger partial charge in [0.1, 0.15) is 0 Å². The van der Waals surface area contributed by atoms with Gasteiger partial charge in [-0.1, -0.05) is 37.5 Å². The molecular formula is C17H23NO2. The molecule has 20 heavy (non-hydrogen) atoms. The lowest BCUT2D eigenvalue weighted by atomic mass is 9.73. The summed E-state index contributed by atoms with van der Waals surface area (Å²) < 4.78 is 0. The lowest BCUT2D eigenvalue weighted by Gasteiger charge is -2.27. The molecule has 1 saturated heterocycles. The van der Waals surface area contributed by atoms with E-state index in [1.165, 1.54) is 37.0 Å². The zero-order chi connectivity index (χ0) is 14.1. The van der Waals surface area contributed by atoms with Crippen molar-refractivity contribution in [2.75, 3.05) is 7.05 Å². The van der Waals surface area contributed by atoms with Gasteiger partial charge >= 0.3 is 0 Å². The van der Waals surface area contributed by atoms with Crippen LogP contribution in [0, 0.1) is 35.5 Å². The second-order valence-electron chi connectivity index (χ2n) is 6.53. The zero-order valence-electron chi connectivity index (χ0n) is 12.2. The number of carbonyl (C=O) groups is 2. The highest BCUT2D eigenvalue weighted by Gasteiger charge is 2.50. The van der Waals surface area contributed by atoms with Gasteiger partial charge in [-0.15, -0.1) is 0 Å². The number of fused-ring (bicyclic) bond motifs is 1. The third-order valence-electron chi connectivity index (χ3n) is 5.24. The molecule has 3 atom stereocenters. The number of rotatable bonds is 0. The van der Waals surface area contributed by atoms with E-state index in [-0.39, 0.29) is 29.6 Å². The van der Waals surface area contributed by atoms with E-state index in [1.54, 1.807) is 7.05 Å². The molecule has 2 amide bonds. The maximum atomic E-state index is 12.2. The molecule has 3 unspecified atom stereocenters. The number of likely N-dealkylation sites (tertiary alicyclic amines) is 1. The monoisotopic (exact) mass is 273 g/mol. The van der Waals surface area contributed by atoms with Crippen LogP contribution in [0.15, 0.2) is 0 Å². The first-order valence-electron chi connectivity index (χ1n) is 8.01. The highest BCUT2D eigenvalue weighted by Crippen LogP contribution is 2.41. The van der Waals surface area contributed by atoms with Crippen LogP contribution in [0.2, 0.25) is 0 Å². The van der Waals surface area contributed by atoms with Gasteiger partial charge < -0.3 is 0 Å². The molecule has 0 bridgehead atoms. The smallest absolute Gasteiger partial charge is 0.234 e. The first kappa shape index (κ1) is 13.7. The number of hydrogen-bond acceptors (Lipinski definition) is 2. The van der Waals surface area contributed by atoms with Crippen LogP contribution in [0.3, 0.4) is 0 Å². The summed E-state index contributed by atoms with van der Waals surface area (Å²) in [5.74, 6) is 7.21. The van der Waals surface area contributed by atoms with Gasteiger partial charge in [0.05, 0.1) is 11.8 Å². The molecule has 3 aliphatic rings. The van der Waals surface area contributed by atoms with Crippen molar-refractivity contribution in [1.29, 1.82) is 0 Å². The van der Waals surface area contributed by atoms with Gasteiger partial charge in [-0.2, -0.15) is 0 Å². The third kappa shape index (κ3) is 2.37. The predicted molar refractivity (Wildman–Crippen MR) is 76.4 cm³/mol. The Bertz CT molecular complexity index is 467. The zero-order valence-corrected chi connectivity index (χ0v) is 12.2. The summed E-state index contributed by atoms with van der Waals surface area (Å²) in [5, 5.41) is 0. The van der Waals surface area contributed by atoms with Gasteiger partial charge in [-0.25, -0.2) is 0 Å². The van der Waals surface area contributed by atoms with Crippen molar-refractivity contribution in [1.82, 2.24) is 4.90 Å². The molecule has 0 aromatic rings. The molecule has 3 rings (SSSR count). The lowest BCUT2D eigenvalue weighted by molar-refractivity contribution is -0.138. The molecule has 0 N–H and O–H groups in total. The number of nitrogens with zero attached hydrogens (tertiary/aromatic N) is 1. The minimum absolute atomic E-state index is 0.00245. The lowest BCUT2D eigenvalue weighted by Crippen LogP contribution is -2.30. The number of hydrogen-bond donors (Lipinski definition) is 0. The second-order valence-corrected chi connectivity index (χ2v) is 6.53. The fourth-order valence-electron chi connectivity index (χ4n) is 4.03. The summed E-state index contributed by atoms with van der Waals surface area (Å²) in [6.45, 7) is 0. The van der Waals surface area contributed by atoms with Crippen LogP contribution in [0.5, 0.6) is 0 Å². The molecule has 2 aliphatic carbocycles. The van der Waals surface area contributed by atoms with Crippen molar-refractivity contribution in [2.24, 2.45) is 23.7 Å². The summed E-state index contributed by atoms with van der Waals surface area (Å²) in [6, 6.07) is 0. The summed E-state index contributed by atoms with van der Waals surface area (Å²) in [4.78, 5) is 25.6. The van der Waals surface area contributed by atoms with Crippen molar-refractivity contribution in [3.05, 3.63) is 0 Å². The average Bonchev–Trinajstić information content (AvgIpc) is 2.72. The van der Waals surface area contributed by atoms with Crippen LogP contribution in [-0.2, 0) is 9.59 Å². The minimum atomic E-state index is -0.155. The van der Waals surface area contributed by atoms with E-state index in [9.17, 15) is 9.59 Å². The molecule has 108 valence electrons. The summed E-state index contributed by atoms with van der Waals surface area (Å²) in [7, 11) is 1.62. The molecule has 0 spiro atoms. The highest BCUT2D eigenvalue weighted by molar-refractivity contribution is 6.05. The van der Waals surface area contributed by atoms with Crippen molar-refractivity contribution < 1.29 is 9.59 Å². The molecule has 2 saturated carbocycles. The van der Waals surface area contributed by atoms with Crippen molar-refractivity contribution in [3.8, 4) is 11.8 Å². The number of amides is 2. The van der Waals surface area contributed by atoms with Gasteiger partial charge in [-0.05, 0) is 25.7 Å². The van der Waals surface area contributed by atoms with E-state index < -0.39 is 0 Å². The Hall–Kier alpha value is -1.30. The first-order valence-corrected chi connectivity index (χ1v) is 8.01. The van der Waals surface area contributed by atoms with E-state index in [1.807, 2.05) is 0 Å². The van der Waals surface area contributed by atoms with Crippen molar-refractivity contribution >= 4 is 11.8 Å². The molecule has 0 aromatic carbocycles. The summed E-state index contributed by atoms with van der Waals surface area (Å²) in [5.41, 5.74) is 0. The van der Waals surface area contributed by atoms with E-state index in [0.29, 0.717) is 5.92 Å². The molecule has 3 nitrogen and oxygen atoms in total. The molecule has 0 aromatic heterocycles.